The van der Waals surface area contributed by atoms with Gasteiger partial charge in [-0.05, 0) is 92.7 Å². The molecule has 2 aliphatic rings. The first-order valence-electron chi connectivity index (χ1n) is 14.0. The smallest absolute Gasteiger partial charge is 0.240 e. The summed E-state index contributed by atoms with van der Waals surface area (Å²) in [5.41, 5.74) is 0.956. The van der Waals surface area contributed by atoms with E-state index in [4.69, 9.17) is 9.97 Å². The molecule has 1 heterocycles. The van der Waals surface area contributed by atoms with Gasteiger partial charge in [-0.2, -0.15) is 4.98 Å². The molecule has 0 bridgehead atoms. The Labute approximate surface area is 234 Å². The molecule has 7 nitrogen and oxygen atoms in total. The van der Waals surface area contributed by atoms with Crippen LogP contribution in [0.25, 0.3) is 10.9 Å². The summed E-state index contributed by atoms with van der Waals surface area (Å²) in [4.78, 5) is 9.95. The third-order valence-corrected chi connectivity index (χ3v) is 10.1. The molecule has 38 heavy (non-hydrogen) atoms. The lowest BCUT2D eigenvalue weighted by Crippen LogP contribution is -2.32. The van der Waals surface area contributed by atoms with Gasteiger partial charge in [0.2, 0.25) is 16.0 Å². The van der Waals surface area contributed by atoms with E-state index in [-0.39, 0.29) is 0 Å². The molecule has 0 unspecified atom stereocenters. The van der Waals surface area contributed by atoms with Crippen LogP contribution >= 0.6 is 15.9 Å². The van der Waals surface area contributed by atoms with Crippen molar-refractivity contribution in [1.82, 2.24) is 14.7 Å². The first-order chi connectivity index (χ1) is 18.5. The molecule has 2 aromatic carbocycles. The number of benzene rings is 2. The first kappa shape index (κ1) is 27.3. The van der Waals surface area contributed by atoms with Crippen LogP contribution < -0.4 is 15.4 Å². The molecule has 2 fully saturated rings. The van der Waals surface area contributed by atoms with Crippen molar-refractivity contribution in [2.45, 2.75) is 62.7 Å². The number of nitrogens with one attached hydrogen (secondary N) is 3. The van der Waals surface area contributed by atoms with Crippen molar-refractivity contribution in [2.75, 3.05) is 30.3 Å². The fourth-order valence-electron chi connectivity index (χ4n) is 5.72. The van der Waals surface area contributed by atoms with Crippen molar-refractivity contribution < 1.29 is 8.42 Å². The molecule has 2 aliphatic carbocycles. The normalized spacial score (nSPS) is 20.9. The average Bonchev–Trinajstić information content (AvgIpc) is 2.95. The number of hydrogen-bond acceptors (Lipinski definition) is 6. The zero-order valence-electron chi connectivity index (χ0n) is 21.8. The van der Waals surface area contributed by atoms with Gasteiger partial charge in [0.15, 0.2) is 0 Å². The Morgan fingerprint density at radius 2 is 1.37 bits per heavy atom. The number of aromatic nitrogens is 2. The summed E-state index contributed by atoms with van der Waals surface area (Å²) in [7, 11) is -3.48. The molecule has 9 heteroatoms. The fraction of sp³-hybridized carbons (Fsp3) is 0.517. The highest BCUT2D eigenvalue weighted by Gasteiger charge is 2.24. The number of anilines is 2. The Balaban J connectivity index is 1.12. The molecule has 0 atom stereocenters. The van der Waals surface area contributed by atoms with E-state index >= 15 is 0 Å². The fourth-order valence-corrected chi connectivity index (χ4v) is 7.10. The van der Waals surface area contributed by atoms with Crippen LogP contribution in [0.4, 0.5) is 11.8 Å². The van der Waals surface area contributed by atoms with Gasteiger partial charge in [-0.25, -0.2) is 18.1 Å². The second-order valence-electron chi connectivity index (χ2n) is 10.9. The van der Waals surface area contributed by atoms with Gasteiger partial charge in [0.05, 0.1) is 10.4 Å². The Kier molecular flexibility index (Phi) is 9.17. The van der Waals surface area contributed by atoms with Gasteiger partial charge in [0.25, 0.3) is 0 Å². The predicted molar refractivity (Wildman–Crippen MR) is 158 cm³/mol. The number of sulfonamides is 1. The van der Waals surface area contributed by atoms with Crippen LogP contribution in [0.5, 0.6) is 0 Å². The van der Waals surface area contributed by atoms with E-state index in [9.17, 15) is 8.42 Å². The van der Waals surface area contributed by atoms with Crippen LogP contribution in [0.15, 0.2) is 57.9 Å². The van der Waals surface area contributed by atoms with Gasteiger partial charge < -0.3 is 10.6 Å². The molecule has 3 N–H and O–H groups in total. The molecular formula is C29H38BrN5O2S. The number of hydrogen-bond donors (Lipinski definition) is 3. The van der Waals surface area contributed by atoms with E-state index in [2.05, 4.69) is 43.4 Å². The van der Waals surface area contributed by atoms with Gasteiger partial charge in [-0.3, -0.25) is 0 Å². The first-order valence-corrected chi connectivity index (χ1v) is 16.2. The molecule has 2 saturated carbocycles. The molecule has 0 radical (unpaired) electrons. The monoisotopic (exact) mass is 599 g/mol. The van der Waals surface area contributed by atoms with Crippen LogP contribution in [0.2, 0.25) is 0 Å². The lowest BCUT2D eigenvalue weighted by Gasteiger charge is -2.28. The molecule has 0 saturated heterocycles. The SMILES string of the molecule is O=S(=O)(NCC1CCC(CNc2nc(NCC3CCCCC3)c3ccccc3n2)CC1)c1ccc(Br)cc1. The van der Waals surface area contributed by atoms with Crippen LogP contribution in [-0.2, 0) is 10.0 Å². The van der Waals surface area contributed by atoms with Crippen LogP contribution in [0.1, 0.15) is 57.8 Å². The molecule has 0 amide bonds. The third-order valence-electron chi connectivity index (χ3n) is 8.09. The lowest BCUT2D eigenvalue weighted by atomic mass is 9.82. The zero-order valence-corrected chi connectivity index (χ0v) is 24.2. The number of rotatable bonds is 10. The van der Waals surface area contributed by atoms with E-state index in [1.54, 1.807) is 24.3 Å². The second-order valence-corrected chi connectivity index (χ2v) is 13.6. The molecule has 5 rings (SSSR count). The van der Waals surface area contributed by atoms with E-state index in [0.717, 1.165) is 65.9 Å². The quantitative estimate of drug-likeness (QED) is 0.243. The van der Waals surface area contributed by atoms with Crippen LogP contribution in [0, 0.1) is 17.8 Å². The van der Waals surface area contributed by atoms with Crippen molar-refractivity contribution in [3.05, 3.63) is 53.0 Å². The minimum atomic E-state index is -3.48. The van der Waals surface area contributed by atoms with Crippen molar-refractivity contribution in [3.8, 4) is 0 Å². The summed E-state index contributed by atoms with van der Waals surface area (Å²) in [6, 6.07) is 15.0. The molecular weight excluding hydrogens is 562 g/mol. The molecule has 0 spiro atoms. The minimum Gasteiger partial charge on any atom is -0.369 e. The number of fused-ring (bicyclic) bond motifs is 1. The summed E-state index contributed by atoms with van der Waals surface area (Å²) in [5, 5.41) is 8.21. The largest absolute Gasteiger partial charge is 0.369 e. The van der Waals surface area contributed by atoms with Crippen molar-refractivity contribution in [1.29, 1.82) is 0 Å². The zero-order chi connectivity index (χ0) is 26.4. The predicted octanol–water partition coefficient (Wildman–Crippen LogP) is 6.58. The maximum absolute atomic E-state index is 12.6. The highest BCUT2D eigenvalue weighted by molar-refractivity contribution is 9.10. The maximum Gasteiger partial charge on any atom is 0.240 e. The van der Waals surface area contributed by atoms with Crippen molar-refractivity contribution >= 4 is 48.6 Å². The average molecular weight is 601 g/mol. The highest BCUT2D eigenvalue weighted by Crippen LogP contribution is 2.30. The van der Waals surface area contributed by atoms with Crippen LogP contribution in [-0.4, -0.2) is 38.0 Å². The van der Waals surface area contributed by atoms with Gasteiger partial charge in [-0.15, -0.1) is 0 Å². The Hall–Kier alpha value is -2.23. The molecule has 204 valence electrons. The Bertz CT molecular complexity index is 1300. The molecule has 3 aromatic rings. The van der Waals surface area contributed by atoms with E-state index in [1.165, 1.54) is 32.1 Å². The van der Waals surface area contributed by atoms with Crippen LogP contribution in [0.3, 0.4) is 0 Å². The lowest BCUT2D eigenvalue weighted by molar-refractivity contribution is 0.284. The summed E-state index contributed by atoms with van der Waals surface area (Å²) in [6.45, 7) is 2.29. The third kappa shape index (κ3) is 7.24. The Morgan fingerprint density at radius 3 is 2.11 bits per heavy atom. The summed E-state index contributed by atoms with van der Waals surface area (Å²) in [6.07, 6.45) is 10.8. The van der Waals surface area contributed by atoms with Gasteiger partial charge >= 0.3 is 0 Å². The standard InChI is InChI=1S/C29H38BrN5O2S/c30-24-14-16-25(17-15-24)38(36,37)33-20-23-12-10-22(11-13-23)19-32-29-34-27-9-5-4-8-26(27)28(35-29)31-18-21-6-2-1-3-7-21/h4-5,8-9,14-17,21-23,33H,1-3,6-7,10-13,18-20H2,(H2,31,32,34,35). The second kappa shape index (κ2) is 12.7. The maximum atomic E-state index is 12.6. The minimum absolute atomic E-state index is 0.307. The number of para-hydroxylation sites is 1. The van der Waals surface area contributed by atoms with Gasteiger partial charge in [-0.1, -0.05) is 47.3 Å². The number of nitrogens with zero attached hydrogens (tertiary/aromatic N) is 2. The van der Waals surface area contributed by atoms with Crippen molar-refractivity contribution in [3.63, 3.8) is 0 Å². The van der Waals surface area contributed by atoms with E-state index in [1.807, 2.05) is 12.1 Å². The van der Waals surface area contributed by atoms with E-state index in [0.29, 0.717) is 29.2 Å². The summed E-state index contributed by atoms with van der Waals surface area (Å²) >= 11 is 3.35. The number of halogens is 1. The summed E-state index contributed by atoms with van der Waals surface area (Å²) in [5.74, 6) is 3.22. The van der Waals surface area contributed by atoms with E-state index < -0.39 is 10.0 Å². The molecule has 1 aromatic heterocycles. The molecule has 0 aliphatic heterocycles. The highest BCUT2D eigenvalue weighted by atomic mass is 79.9. The van der Waals surface area contributed by atoms with Gasteiger partial charge in [0, 0.05) is 29.5 Å². The summed E-state index contributed by atoms with van der Waals surface area (Å²) < 4.78 is 28.9. The topological polar surface area (TPSA) is 96.0 Å². The Morgan fingerprint density at radius 1 is 0.737 bits per heavy atom. The van der Waals surface area contributed by atoms with Crippen molar-refractivity contribution in [2.24, 2.45) is 17.8 Å². The van der Waals surface area contributed by atoms with Gasteiger partial charge in [0.1, 0.15) is 5.82 Å².